The van der Waals surface area contributed by atoms with Gasteiger partial charge in [-0.1, -0.05) is 48.0 Å². The first-order valence-electron chi connectivity index (χ1n) is 8.22. The van der Waals surface area contributed by atoms with Crippen molar-refractivity contribution < 1.29 is 14.3 Å². The molecule has 0 saturated heterocycles. The van der Waals surface area contributed by atoms with Crippen molar-refractivity contribution in [1.82, 2.24) is 0 Å². The molecule has 27 heavy (non-hydrogen) atoms. The van der Waals surface area contributed by atoms with Crippen molar-refractivity contribution in [2.75, 3.05) is 5.32 Å². The summed E-state index contributed by atoms with van der Waals surface area (Å²) in [6.07, 6.45) is -0.551. The number of amides is 1. The lowest BCUT2D eigenvalue weighted by Crippen LogP contribution is -2.13. The Bertz CT molecular complexity index is 947. The zero-order chi connectivity index (χ0) is 19.2. The van der Waals surface area contributed by atoms with Gasteiger partial charge >= 0.3 is 6.09 Å². The summed E-state index contributed by atoms with van der Waals surface area (Å²) in [4.78, 5) is 11.9. The molecule has 0 fully saturated rings. The molecule has 0 saturated carbocycles. The van der Waals surface area contributed by atoms with Crippen molar-refractivity contribution >= 4 is 39.3 Å². The standard InChI is InChI=1S/C21H17BrClNO3/c1-14-7-9-19(17(22)11-14)27-20-10-8-16(12-18(20)23)24-21(25)26-13-15-5-3-2-4-6-15/h2-12H,13H2,1H3,(H,24,25). The number of halogens is 2. The molecule has 0 bridgehead atoms. The molecule has 0 radical (unpaired) electrons. The van der Waals surface area contributed by atoms with Gasteiger partial charge in [0.15, 0.2) is 0 Å². The summed E-state index contributed by atoms with van der Waals surface area (Å²) in [7, 11) is 0. The molecule has 6 heteroatoms. The van der Waals surface area contributed by atoms with Gasteiger partial charge in [-0.25, -0.2) is 4.79 Å². The number of hydrogen-bond acceptors (Lipinski definition) is 3. The number of hydrogen-bond donors (Lipinski definition) is 1. The fourth-order valence-electron chi connectivity index (χ4n) is 2.35. The van der Waals surface area contributed by atoms with Gasteiger partial charge in [-0.2, -0.15) is 0 Å². The fraction of sp³-hybridized carbons (Fsp3) is 0.0952. The Morgan fingerprint density at radius 1 is 1.04 bits per heavy atom. The van der Waals surface area contributed by atoms with Gasteiger partial charge in [0.05, 0.1) is 9.50 Å². The van der Waals surface area contributed by atoms with Gasteiger partial charge in [-0.05, 0) is 64.3 Å². The minimum Gasteiger partial charge on any atom is -0.455 e. The number of carbonyl (C=O) groups is 1. The molecule has 1 N–H and O–H groups in total. The second-order valence-corrected chi connectivity index (χ2v) is 7.13. The quantitative estimate of drug-likeness (QED) is 0.461. The van der Waals surface area contributed by atoms with E-state index in [4.69, 9.17) is 21.1 Å². The predicted molar refractivity (Wildman–Crippen MR) is 111 cm³/mol. The number of rotatable bonds is 5. The Kier molecular flexibility index (Phi) is 6.37. The van der Waals surface area contributed by atoms with Crippen molar-refractivity contribution in [2.45, 2.75) is 13.5 Å². The summed E-state index contributed by atoms with van der Waals surface area (Å²) in [6, 6.07) is 20.3. The highest BCUT2D eigenvalue weighted by atomic mass is 79.9. The van der Waals surface area contributed by atoms with Gasteiger partial charge in [0.25, 0.3) is 0 Å². The lowest BCUT2D eigenvalue weighted by Gasteiger charge is -2.12. The summed E-state index contributed by atoms with van der Waals surface area (Å²) < 4.78 is 11.9. The molecule has 3 aromatic carbocycles. The van der Waals surface area contributed by atoms with E-state index in [-0.39, 0.29) is 6.61 Å². The Hall–Kier alpha value is -2.50. The number of aryl methyl sites for hydroxylation is 1. The van der Waals surface area contributed by atoms with Gasteiger partial charge in [0, 0.05) is 5.69 Å². The minimum absolute atomic E-state index is 0.197. The predicted octanol–water partition coefficient (Wildman–Crippen LogP) is 6.95. The van der Waals surface area contributed by atoms with Gasteiger partial charge in [0.2, 0.25) is 0 Å². The average Bonchev–Trinajstić information content (AvgIpc) is 2.65. The Balaban J connectivity index is 1.61. The van der Waals surface area contributed by atoms with Crippen molar-refractivity contribution in [2.24, 2.45) is 0 Å². The maximum atomic E-state index is 11.9. The smallest absolute Gasteiger partial charge is 0.411 e. The molecule has 138 valence electrons. The van der Waals surface area contributed by atoms with Crippen LogP contribution in [0.4, 0.5) is 10.5 Å². The highest BCUT2D eigenvalue weighted by Gasteiger charge is 2.10. The van der Waals surface area contributed by atoms with E-state index in [0.717, 1.165) is 15.6 Å². The van der Waals surface area contributed by atoms with Crippen LogP contribution in [0.5, 0.6) is 11.5 Å². The number of anilines is 1. The second-order valence-electron chi connectivity index (χ2n) is 5.87. The molecule has 0 aliphatic heterocycles. The van der Waals surface area contributed by atoms with E-state index in [9.17, 15) is 4.79 Å². The molecule has 3 rings (SSSR count). The summed E-state index contributed by atoms with van der Waals surface area (Å²) in [5, 5.41) is 3.03. The summed E-state index contributed by atoms with van der Waals surface area (Å²) in [5.74, 6) is 1.15. The van der Waals surface area contributed by atoms with Crippen LogP contribution in [-0.2, 0) is 11.3 Å². The highest BCUT2D eigenvalue weighted by molar-refractivity contribution is 9.10. The molecular weight excluding hydrogens is 430 g/mol. The number of benzene rings is 3. The van der Waals surface area contributed by atoms with E-state index in [1.807, 2.05) is 55.5 Å². The van der Waals surface area contributed by atoms with Crippen LogP contribution in [0.15, 0.2) is 71.2 Å². The SMILES string of the molecule is Cc1ccc(Oc2ccc(NC(=O)OCc3ccccc3)cc2Cl)c(Br)c1. The Morgan fingerprint density at radius 2 is 1.78 bits per heavy atom. The summed E-state index contributed by atoms with van der Waals surface area (Å²) in [5.41, 5.74) is 2.56. The van der Waals surface area contributed by atoms with E-state index in [0.29, 0.717) is 22.2 Å². The van der Waals surface area contributed by atoms with Crippen LogP contribution < -0.4 is 10.1 Å². The molecule has 0 aliphatic carbocycles. The third-order valence-electron chi connectivity index (χ3n) is 3.70. The van der Waals surface area contributed by atoms with Crippen molar-refractivity contribution in [3.05, 3.63) is 87.4 Å². The summed E-state index contributed by atoms with van der Waals surface area (Å²) >= 11 is 9.76. The van der Waals surface area contributed by atoms with Crippen LogP contribution in [0.2, 0.25) is 5.02 Å². The van der Waals surface area contributed by atoms with Crippen molar-refractivity contribution in [1.29, 1.82) is 0 Å². The van der Waals surface area contributed by atoms with E-state index < -0.39 is 6.09 Å². The van der Waals surface area contributed by atoms with E-state index >= 15 is 0 Å². The first-order chi connectivity index (χ1) is 13.0. The molecule has 0 spiro atoms. The monoisotopic (exact) mass is 445 g/mol. The van der Waals surface area contributed by atoms with Crippen molar-refractivity contribution in [3.8, 4) is 11.5 Å². The van der Waals surface area contributed by atoms with E-state index in [1.165, 1.54) is 0 Å². The first kappa shape index (κ1) is 19.3. The molecule has 0 unspecified atom stereocenters. The van der Waals surface area contributed by atoms with Gasteiger partial charge in [0.1, 0.15) is 18.1 Å². The second kappa shape index (κ2) is 8.93. The molecular formula is C21H17BrClNO3. The molecule has 0 heterocycles. The highest BCUT2D eigenvalue weighted by Crippen LogP contribution is 2.35. The molecule has 1 amide bonds. The lowest BCUT2D eigenvalue weighted by atomic mass is 10.2. The van der Waals surface area contributed by atoms with Gasteiger partial charge in [-0.15, -0.1) is 0 Å². The minimum atomic E-state index is -0.551. The third-order valence-corrected chi connectivity index (χ3v) is 4.61. The lowest BCUT2D eigenvalue weighted by molar-refractivity contribution is 0.155. The normalized spacial score (nSPS) is 10.3. The topological polar surface area (TPSA) is 47.6 Å². The van der Waals surface area contributed by atoms with Gasteiger partial charge < -0.3 is 9.47 Å². The molecule has 3 aromatic rings. The molecule has 0 aliphatic rings. The molecule has 4 nitrogen and oxygen atoms in total. The zero-order valence-electron chi connectivity index (χ0n) is 14.5. The van der Waals surface area contributed by atoms with Crippen LogP contribution in [0.3, 0.4) is 0 Å². The van der Waals surface area contributed by atoms with Crippen LogP contribution >= 0.6 is 27.5 Å². The maximum absolute atomic E-state index is 11.9. The Labute approximate surface area is 171 Å². The maximum Gasteiger partial charge on any atom is 0.411 e. The van der Waals surface area contributed by atoms with Crippen molar-refractivity contribution in [3.63, 3.8) is 0 Å². The average molecular weight is 447 g/mol. The number of nitrogens with one attached hydrogen (secondary N) is 1. The number of carbonyl (C=O) groups excluding carboxylic acids is 1. The zero-order valence-corrected chi connectivity index (χ0v) is 16.9. The van der Waals surface area contributed by atoms with Crippen LogP contribution in [-0.4, -0.2) is 6.09 Å². The number of ether oxygens (including phenoxy) is 2. The van der Waals surface area contributed by atoms with Crippen LogP contribution in [0.25, 0.3) is 0 Å². The fourth-order valence-corrected chi connectivity index (χ4v) is 3.14. The van der Waals surface area contributed by atoms with E-state index in [2.05, 4.69) is 21.2 Å². The van der Waals surface area contributed by atoms with Crippen LogP contribution in [0, 0.1) is 6.92 Å². The first-order valence-corrected chi connectivity index (χ1v) is 9.39. The Morgan fingerprint density at radius 3 is 2.48 bits per heavy atom. The molecule has 0 aromatic heterocycles. The van der Waals surface area contributed by atoms with Crippen LogP contribution in [0.1, 0.15) is 11.1 Å². The van der Waals surface area contributed by atoms with E-state index in [1.54, 1.807) is 18.2 Å². The molecule has 0 atom stereocenters. The van der Waals surface area contributed by atoms with Gasteiger partial charge in [-0.3, -0.25) is 5.32 Å². The summed E-state index contributed by atoms with van der Waals surface area (Å²) in [6.45, 7) is 2.20. The largest absolute Gasteiger partial charge is 0.455 e. The third kappa shape index (κ3) is 5.49.